The van der Waals surface area contributed by atoms with Crippen LogP contribution in [0.1, 0.15) is 31.0 Å². The lowest BCUT2D eigenvalue weighted by Gasteiger charge is -2.23. The predicted octanol–water partition coefficient (Wildman–Crippen LogP) is 2.54. The summed E-state index contributed by atoms with van der Waals surface area (Å²) in [6, 6.07) is 8.65. The minimum absolute atomic E-state index is 0.413. The number of hydrogen-bond donors (Lipinski definition) is 2. The van der Waals surface area contributed by atoms with Crippen molar-refractivity contribution >= 4 is 5.96 Å². The maximum atomic E-state index is 5.98. The third-order valence-electron chi connectivity index (χ3n) is 4.69. The van der Waals surface area contributed by atoms with Gasteiger partial charge in [-0.05, 0) is 45.0 Å². The van der Waals surface area contributed by atoms with Crippen LogP contribution in [0.5, 0.6) is 0 Å². The summed E-state index contributed by atoms with van der Waals surface area (Å²) in [5.74, 6) is 1.07. The molecule has 1 unspecified atom stereocenters. The van der Waals surface area contributed by atoms with Crippen molar-refractivity contribution in [2.24, 2.45) is 10.7 Å². The first-order valence-electron chi connectivity index (χ1n) is 8.95. The Morgan fingerprint density at radius 2 is 2.20 bits per heavy atom. The maximum absolute atomic E-state index is 5.98. The fourth-order valence-corrected chi connectivity index (χ4v) is 3.20. The monoisotopic (exact) mass is 341 g/mol. The lowest BCUT2D eigenvalue weighted by atomic mass is 10.1. The van der Waals surface area contributed by atoms with Gasteiger partial charge in [-0.2, -0.15) is 0 Å². The molecule has 1 aromatic carbocycles. The third kappa shape index (κ3) is 4.60. The highest BCUT2D eigenvalue weighted by atomic mass is 16.3. The van der Waals surface area contributed by atoms with Crippen LogP contribution in [0.2, 0.25) is 0 Å². The van der Waals surface area contributed by atoms with E-state index in [1.165, 1.54) is 24.9 Å². The Labute approximate surface area is 149 Å². The average Bonchev–Trinajstić information content (AvgIpc) is 3.27. The number of rotatable bonds is 6. The molecule has 3 rings (SSSR count). The minimum atomic E-state index is 0.413. The first-order chi connectivity index (χ1) is 12.2. The van der Waals surface area contributed by atoms with Crippen LogP contribution in [0.4, 0.5) is 0 Å². The zero-order chi connectivity index (χ0) is 17.6. The molecular formula is C19H27N5O. The normalized spacial score (nSPS) is 18.6. The van der Waals surface area contributed by atoms with Crippen LogP contribution < -0.4 is 11.1 Å². The molecule has 134 valence electrons. The zero-order valence-electron chi connectivity index (χ0n) is 15.0. The standard InChI is InChI=1S/C19H27N5O/c1-3-24-10-4-5-17(24)12-22-19(20)21-11-16-13-25-18(23-16)15-8-6-14(2)7-9-15/h6-9,13,17H,3-5,10-12H2,1-2H3,(H3,20,21,22). The van der Waals surface area contributed by atoms with Crippen LogP contribution in [0, 0.1) is 6.92 Å². The van der Waals surface area contributed by atoms with Gasteiger partial charge in [-0.15, -0.1) is 0 Å². The predicted molar refractivity (Wildman–Crippen MR) is 100 cm³/mol. The molecule has 6 nitrogen and oxygen atoms in total. The Balaban J connectivity index is 1.52. The van der Waals surface area contributed by atoms with Crippen molar-refractivity contribution in [3.8, 4) is 11.5 Å². The molecule has 1 aromatic heterocycles. The summed E-state index contributed by atoms with van der Waals surface area (Å²) < 4.78 is 5.54. The van der Waals surface area contributed by atoms with Gasteiger partial charge in [-0.3, -0.25) is 4.90 Å². The molecule has 0 bridgehead atoms. The van der Waals surface area contributed by atoms with E-state index in [9.17, 15) is 0 Å². The molecule has 2 aromatic rings. The number of hydrogen-bond acceptors (Lipinski definition) is 4. The molecule has 6 heteroatoms. The van der Waals surface area contributed by atoms with E-state index in [1.54, 1.807) is 6.26 Å². The van der Waals surface area contributed by atoms with Gasteiger partial charge in [-0.25, -0.2) is 9.98 Å². The van der Waals surface area contributed by atoms with Gasteiger partial charge in [0.1, 0.15) is 12.0 Å². The van der Waals surface area contributed by atoms with Crippen molar-refractivity contribution in [3.05, 3.63) is 41.8 Å². The van der Waals surface area contributed by atoms with Crippen molar-refractivity contribution in [1.82, 2.24) is 15.2 Å². The van der Waals surface area contributed by atoms with Gasteiger partial charge in [-0.1, -0.05) is 24.6 Å². The van der Waals surface area contributed by atoms with Crippen molar-refractivity contribution in [3.63, 3.8) is 0 Å². The number of nitrogens with one attached hydrogen (secondary N) is 1. The lowest BCUT2D eigenvalue weighted by molar-refractivity contribution is 0.267. The molecule has 0 amide bonds. The fraction of sp³-hybridized carbons (Fsp3) is 0.474. The van der Waals surface area contributed by atoms with Crippen LogP contribution in [0.25, 0.3) is 11.5 Å². The number of nitrogens with zero attached hydrogens (tertiary/aromatic N) is 3. The van der Waals surface area contributed by atoms with Crippen molar-refractivity contribution in [2.45, 2.75) is 39.3 Å². The van der Waals surface area contributed by atoms with E-state index >= 15 is 0 Å². The Hall–Kier alpha value is -2.34. The number of likely N-dealkylation sites (tertiary alicyclic amines) is 1. The molecular weight excluding hydrogens is 314 g/mol. The quantitative estimate of drug-likeness (QED) is 0.623. The fourth-order valence-electron chi connectivity index (χ4n) is 3.20. The van der Waals surface area contributed by atoms with E-state index < -0.39 is 0 Å². The smallest absolute Gasteiger partial charge is 0.226 e. The molecule has 1 aliphatic heterocycles. The summed E-state index contributed by atoms with van der Waals surface area (Å²) in [5, 5.41) is 3.23. The van der Waals surface area contributed by atoms with Gasteiger partial charge in [0.05, 0.1) is 6.54 Å². The van der Waals surface area contributed by atoms with E-state index in [4.69, 9.17) is 10.2 Å². The molecule has 1 fully saturated rings. The third-order valence-corrected chi connectivity index (χ3v) is 4.69. The zero-order valence-corrected chi connectivity index (χ0v) is 15.0. The van der Waals surface area contributed by atoms with Crippen molar-refractivity contribution in [2.75, 3.05) is 19.6 Å². The number of guanidine groups is 1. The van der Waals surface area contributed by atoms with Gasteiger partial charge < -0.3 is 15.5 Å². The van der Waals surface area contributed by atoms with E-state index in [0.29, 0.717) is 24.4 Å². The largest absolute Gasteiger partial charge is 0.444 e. The van der Waals surface area contributed by atoms with Crippen LogP contribution >= 0.6 is 0 Å². The van der Waals surface area contributed by atoms with E-state index in [0.717, 1.165) is 24.3 Å². The molecule has 2 heterocycles. The minimum Gasteiger partial charge on any atom is -0.444 e. The Kier molecular flexibility index (Phi) is 5.71. The first-order valence-corrected chi connectivity index (χ1v) is 8.95. The van der Waals surface area contributed by atoms with Gasteiger partial charge >= 0.3 is 0 Å². The first kappa shape index (κ1) is 17.5. The molecule has 1 aliphatic rings. The van der Waals surface area contributed by atoms with Gasteiger partial charge in [0.15, 0.2) is 5.96 Å². The summed E-state index contributed by atoms with van der Waals surface area (Å²) in [4.78, 5) is 11.3. The molecule has 3 N–H and O–H groups in total. The van der Waals surface area contributed by atoms with Crippen LogP contribution in [0.15, 0.2) is 39.9 Å². The molecule has 0 spiro atoms. The number of benzene rings is 1. The van der Waals surface area contributed by atoms with E-state index in [-0.39, 0.29) is 0 Å². The van der Waals surface area contributed by atoms with Crippen molar-refractivity contribution in [1.29, 1.82) is 0 Å². The van der Waals surface area contributed by atoms with E-state index in [1.807, 2.05) is 24.3 Å². The Bertz CT molecular complexity index is 707. The second-order valence-electron chi connectivity index (χ2n) is 6.52. The van der Waals surface area contributed by atoms with Crippen molar-refractivity contribution < 1.29 is 4.42 Å². The molecule has 1 atom stereocenters. The van der Waals surface area contributed by atoms with Gasteiger partial charge in [0, 0.05) is 18.2 Å². The Morgan fingerprint density at radius 3 is 2.96 bits per heavy atom. The maximum Gasteiger partial charge on any atom is 0.226 e. The SMILES string of the molecule is CCN1CCCC1CNC(N)=NCc1coc(-c2ccc(C)cc2)n1. The average molecular weight is 341 g/mol. The highest BCUT2D eigenvalue weighted by Crippen LogP contribution is 2.19. The Morgan fingerprint density at radius 1 is 1.40 bits per heavy atom. The number of aliphatic imine (C=N–C) groups is 1. The number of nitrogens with two attached hydrogens (primary N) is 1. The molecule has 0 radical (unpaired) electrons. The summed E-state index contributed by atoms with van der Waals surface area (Å²) in [6.45, 7) is 7.78. The summed E-state index contributed by atoms with van der Waals surface area (Å²) in [6.07, 6.45) is 4.12. The number of oxazole rings is 1. The molecule has 0 aliphatic carbocycles. The highest BCUT2D eigenvalue weighted by molar-refractivity contribution is 5.77. The molecule has 0 saturated carbocycles. The molecule has 25 heavy (non-hydrogen) atoms. The lowest BCUT2D eigenvalue weighted by Crippen LogP contribution is -2.42. The number of aryl methyl sites for hydroxylation is 1. The number of aromatic nitrogens is 1. The summed E-state index contributed by atoms with van der Waals surface area (Å²) in [5.41, 5.74) is 8.93. The van der Waals surface area contributed by atoms with Gasteiger partial charge in [0.25, 0.3) is 0 Å². The van der Waals surface area contributed by atoms with Crippen LogP contribution in [-0.4, -0.2) is 41.5 Å². The number of likely N-dealkylation sites (N-methyl/N-ethyl adjacent to an activating group) is 1. The van der Waals surface area contributed by atoms with Crippen LogP contribution in [0.3, 0.4) is 0 Å². The second kappa shape index (κ2) is 8.16. The summed E-state index contributed by atoms with van der Waals surface area (Å²) >= 11 is 0. The van der Waals surface area contributed by atoms with Gasteiger partial charge in [0.2, 0.25) is 5.89 Å². The topological polar surface area (TPSA) is 79.7 Å². The highest BCUT2D eigenvalue weighted by Gasteiger charge is 2.22. The van der Waals surface area contributed by atoms with E-state index in [2.05, 4.69) is 34.0 Å². The molecule has 1 saturated heterocycles. The second-order valence-corrected chi connectivity index (χ2v) is 6.52. The summed E-state index contributed by atoms with van der Waals surface area (Å²) in [7, 11) is 0. The van der Waals surface area contributed by atoms with Crippen LogP contribution in [-0.2, 0) is 6.54 Å².